The lowest BCUT2D eigenvalue weighted by atomic mass is 10.0. The maximum Gasteiger partial charge on any atom is 0.223 e. The molecule has 0 atom stereocenters. The number of halogens is 2. The molecule has 0 heterocycles. The second kappa shape index (κ2) is 7.65. The molecule has 0 aliphatic rings. The van der Waals surface area contributed by atoms with Crippen LogP contribution >= 0.6 is 23.2 Å². The van der Waals surface area contributed by atoms with E-state index in [0.717, 1.165) is 24.8 Å². The summed E-state index contributed by atoms with van der Waals surface area (Å²) in [7, 11) is 0. The van der Waals surface area contributed by atoms with Crippen molar-refractivity contribution in [1.29, 1.82) is 0 Å². The first-order chi connectivity index (χ1) is 8.58. The first-order valence-electron chi connectivity index (χ1n) is 6.30. The minimum atomic E-state index is 0.116. The number of amides is 1. The lowest BCUT2D eigenvalue weighted by Crippen LogP contribution is -2.31. The standard InChI is InChI=1S/C14H19Cl2NO/c1-3-10(4-2)14(18)17-8-7-11-5-6-12(15)9-13(11)16/h5-6,9-10H,3-4,7-8H2,1-2H3,(H,17,18). The summed E-state index contributed by atoms with van der Waals surface area (Å²) >= 11 is 11.9. The highest BCUT2D eigenvalue weighted by Gasteiger charge is 2.13. The van der Waals surface area contributed by atoms with Gasteiger partial charge in [0.25, 0.3) is 0 Å². The summed E-state index contributed by atoms with van der Waals surface area (Å²) in [6.07, 6.45) is 2.48. The Morgan fingerprint density at radius 3 is 2.50 bits per heavy atom. The van der Waals surface area contributed by atoms with Crippen molar-refractivity contribution in [1.82, 2.24) is 5.32 Å². The number of hydrogen-bond donors (Lipinski definition) is 1. The largest absolute Gasteiger partial charge is 0.356 e. The predicted molar refractivity (Wildman–Crippen MR) is 77.2 cm³/mol. The first kappa shape index (κ1) is 15.3. The summed E-state index contributed by atoms with van der Waals surface area (Å²) in [6, 6.07) is 5.43. The van der Waals surface area contributed by atoms with Crippen molar-refractivity contribution in [3.05, 3.63) is 33.8 Å². The molecule has 4 heteroatoms. The second-order valence-electron chi connectivity index (χ2n) is 4.29. The molecule has 0 radical (unpaired) electrons. The molecule has 100 valence electrons. The zero-order chi connectivity index (χ0) is 13.5. The van der Waals surface area contributed by atoms with Crippen LogP contribution in [0.25, 0.3) is 0 Å². The Labute approximate surface area is 119 Å². The SMILES string of the molecule is CCC(CC)C(=O)NCCc1ccc(Cl)cc1Cl. The van der Waals surface area contributed by atoms with E-state index in [1.54, 1.807) is 6.07 Å². The Balaban J connectivity index is 2.44. The minimum Gasteiger partial charge on any atom is -0.356 e. The molecule has 0 aromatic heterocycles. The summed E-state index contributed by atoms with van der Waals surface area (Å²) in [6.45, 7) is 4.67. The molecule has 0 unspecified atom stereocenters. The van der Waals surface area contributed by atoms with Crippen molar-refractivity contribution in [3.63, 3.8) is 0 Å². The van der Waals surface area contributed by atoms with Gasteiger partial charge < -0.3 is 5.32 Å². The molecule has 1 amide bonds. The fourth-order valence-electron chi connectivity index (χ4n) is 1.85. The van der Waals surface area contributed by atoms with E-state index in [2.05, 4.69) is 5.32 Å². The van der Waals surface area contributed by atoms with Crippen molar-refractivity contribution < 1.29 is 4.79 Å². The van der Waals surface area contributed by atoms with Gasteiger partial charge in [-0.25, -0.2) is 0 Å². The lowest BCUT2D eigenvalue weighted by Gasteiger charge is -2.13. The van der Waals surface area contributed by atoms with Gasteiger partial charge in [-0.15, -0.1) is 0 Å². The van der Waals surface area contributed by atoms with Crippen LogP contribution in [0.4, 0.5) is 0 Å². The van der Waals surface area contributed by atoms with E-state index < -0.39 is 0 Å². The van der Waals surface area contributed by atoms with Crippen LogP contribution in [-0.4, -0.2) is 12.5 Å². The molecule has 0 aliphatic carbocycles. The molecule has 1 aromatic rings. The Bertz CT molecular complexity index is 403. The van der Waals surface area contributed by atoms with Gasteiger partial charge in [-0.3, -0.25) is 4.79 Å². The molecule has 1 N–H and O–H groups in total. The van der Waals surface area contributed by atoms with Crippen molar-refractivity contribution in [2.75, 3.05) is 6.54 Å². The van der Waals surface area contributed by atoms with Gasteiger partial charge in [0.1, 0.15) is 0 Å². The van der Waals surface area contributed by atoms with Gasteiger partial charge in [0, 0.05) is 22.5 Å². The summed E-state index contributed by atoms with van der Waals surface area (Å²) in [4.78, 5) is 11.8. The quantitative estimate of drug-likeness (QED) is 0.839. The molecule has 1 rings (SSSR count). The highest BCUT2D eigenvalue weighted by molar-refractivity contribution is 6.35. The van der Waals surface area contributed by atoms with Gasteiger partial charge in [0.05, 0.1) is 0 Å². The zero-order valence-electron chi connectivity index (χ0n) is 10.8. The lowest BCUT2D eigenvalue weighted by molar-refractivity contribution is -0.125. The Hall–Kier alpha value is -0.730. The third kappa shape index (κ3) is 4.51. The molecular formula is C14H19Cl2NO. The van der Waals surface area contributed by atoms with Crippen LogP contribution in [0.1, 0.15) is 32.3 Å². The molecule has 0 saturated carbocycles. The summed E-state index contributed by atoms with van der Waals surface area (Å²) in [5.74, 6) is 0.246. The van der Waals surface area contributed by atoms with Crippen LogP contribution in [0.3, 0.4) is 0 Å². The van der Waals surface area contributed by atoms with Gasteiger partial charge in [0.15, 0.2) is 0 Å². The number of hydrogen-bond acceptors (Lipinski definition) is 1. The second-order valence-corrected chi connectivity index (χ2v) is 5.13. The van der Waals surface area contributed by atoms with Crippen molar-refractivity contribution in [3.8, 4) is 0 Å². The monoisotopic (exact) mass is 287 g/mol. The van der Waals surface area contributed by atoms with E-state index in [9.17, 15) is 4.79 Å². The average molecular weight is 288 g/mol. The molecule has 2 nitrogen and oxygen atoms in total. The molecule has 0 fully saturated rings. The number of nitrogens with one attached hydrogen (secondary N) is 1. The Kier molecular flexibility index (Phi) is 6.51. The zero-order valence-corrected chi connectivity index (χ0v) is 12.3. The molecule has 18 heavy (non-hydrogen) atoms. The number of benzene rings is 1. The summed E-state index contributed by atoms with van der Waals surface area (Å²) in [5, 5.41) is 4.23. The van der Waals surface area contributed by atoms with Gasteiger partial charge in [0.2, 0.25) is 5.91 Å². The van der Waals surface area contributed by atoms with Crippen molar-refractivity contribution >= 4 is 29.1 Å². The van der Waals surface area contributed by atoms with Crippen LogP contribution in [0, 0.1) is 5.92 Å². The molecular weight excluding hydrogens is 269 g/mol. The van der Waals surface area contributed by atoms with E-state index in [0.29, 0.717) is 16.6 Å². The highest BCUT2D eigenvalue weighted by Crippen LogP contribution is 2.21. The molecule has 0 saturated heterocycles. The van der Waals surface area contributed by atoms with E-state index in [4.69, 9.17) is 23.2 Å². The van der Waals surface area contributed by atoms with Gasteiger partial charge in [-0.05, 0) is 37.0 Å². The summed E-state index contributed by atoms with van der Waals surface area (Å²) < 4.78 is 0. The molecule has 0 bridgehead atoms. The van der Waals surface area contributed by atoms with E-state index in [1.165, 1.54) is 0 Å². The van der Waals surface area contributed by atoms with E-state index in [-0.39, 0.29) is 11.8 Å². The molecule has 0 aliphatic heterocycles. The van der Waals surface area contributed by atoms with Crippen LogP contribution in [0.2, 0.25) is 10.0 Å². The predicted octanol–water partition coefficient (Wildman–Crippen LogP) is 4.09. The highest BCUT2D eigenvalue weighted by atomic mass is 35.5. The minimum absolute atomic E-state index is 0.116. The molecule has 1 aromatic carbocycles. The first-order valence-corrected chi connectivity index (χ1v) is 7.05. The van der Waals surface area contributed by atoms with Gasteiger partial charge >= 0.3 is 0 Å². The Morgan fingerprint density at radius 1 is 1.28 bits per heavy atom. The third-order valence-corrected chi connectivity index (χ3v) is 3.65. The van der Waals surface area contributed by atoms with Gasteiger partial charge in [-0.2, -0.15) is 0 Å². The smallest absolute Gasteiger partial charge is 0.223 e. The van der Waals surface area contributed by atoms with Crippen molar-refractivity contribution in [2.45, 2.75) is 33.1 Å². The van der Waals surface area contributed by atoms with Crippen LogP contribution < -0.4 is 5.32 Å². The number of rotatable bonds is 6. The van der Waals surface area contributed by atoms with Crippen molar-refractivity contribution in [2.24, 2.45) is 5.92 Å². The maximum absolute atomic E-state index is 11.8. The summed E-state index contributed by atoms with van der Waals surface area (Å²) in [5.41, 5.74) is 1.01. The number of carbonyl (C=O) groups excluding carboxylic acids is 1. The fourth-order valence-corrected chi connectivity index (χ4v) is 2.35. The van der Waals surface area contributed by atoms with Crippen LogP contribution in [0.15, 0.2) is 18.2 Å². The fraction of sp³-hybridized carbons (Fsp3) is 0.500. The molecule has 0 spiro atoms. The van der Waals surface area contributed by atoms with Gasteiger partial charge in [-0.1, -0.05) is 43.1 Å². The van der Waals surface area contributed by atoms with Crippen LogP contribution in [-0.2, 0) is 11.2 Å². The van der Waals surface area contributed by atoms with E-state index in [1.807, 2.05) is 26.0 Å². The maximum atomic E-state index is 11.8. The van der Waals surface area contributed by atoms with Crippen LogP contribution in [0.5, 0.6) is 0 Å². The normalized spacial score (nSPS) is 10.7. The topological polar surface area (TPSA) is 29.1 Å². The van der Waals surface area contributed by atoms with E-state index >= 15 is 0 Å². The Morgan fingerprint density at radius 2 is 1.94 bits per heavy atom. The third-order valence-electron chi connectivity index (χ3n) is 3.07. The average Bonchev–Trinajstić information content (AvgIpc) is 2.33. The number of carbonyl (C=O) groups is 1.